The normalized spacial score (nSPS) is 13.8. The van der Waals surface area contributed by atoms with Crippen molar-refractivity contribution in [3.8, 4) is 0 Å². The van der Waals surface area contributed by atoms with Crippen LogP contribution >= 0.6 is 0 Å². The lowest BCUT2D eigenvalue weighted by molar-refractivity contribution is -0.137. The van der Waals surface area contributed by atoms with Crippen LogP contribution in [0.5, 0.6) is 0 Å². The van der Waals surface area contributed by atoms with Crippen molar-refractivity contribution in [3.63, 3.8) is 0 Å². The van der Waals surface area contributed by atoms with Crippen LogP contribution in [0.25, 0.3) is 0 Å². The van der Waals surface area contributed by atoms with E-state index in [1.165, 1.54) is 19.3 Å². The molecule has 136 valence electrons. The van der Waals surface area contributed by atoms with Gasteiger partial charge in [-0.25, -0.2) is 0 Å². The second-order valence-corrected chi connectivity index (χ2v) is 5.93. The Hall–Kier alpha value is -1.61. The molecule has 0 fully saturated rings. The molecule has 0 spiro atoms. The highest BCUT2D eigenvalue weighted by Gasteiger charge is 1.97. The van der Waals surface area contributed by atoms with Crippen molar-refractivity contribution in [1.29, 1.82) is 0 Å². The second-order valence-electron chi connectivity index (χ2n) is 5.93. The molecule has 0 aromatic heterocycles. The van der Waals surface area contributed by atoms with Crippen LogP contribution in [0.3, 0.4) is 0 Å². The number of aliphatic carboxylic acids is 1. The Balaban J connectivity index is 3.57. The van der Waals surface area contributed by atoms with Gasteiger partial charge >= 0.3 is 5.97 Å². The van der Waals surface area contributed by atoms with Gasteiger partial charge in [-0.05, 0) is 32.1 Å². The maximum absolute atomic E-state index is 10.3. The molecule has 1 atom stereocenters. The highest BCUT2D eigenvalue weighted by atomic mass is 16.4. The van der Waals surface area contributed by atoms with Crippen LogP contribution in [0.2, 0.25) is 0 Å². The van der Waals surface area contributed by atoms with Crippen LogP contribution in [-0.2, 0) is 4.79 Å². The zero-order chi connectivity index (χ0) is 17.9. The molecule has 3 heteroatoms. The van der Waals surface area contributed by atoms with Gasteiger partial charge in [0.1, 0.15) is 0 Å². The zero-order valence-electron chi connectivity index (χ0n) is 15.1. The fraction of sp³-hybridized carbons (Fsp3) is 0.571. The second kappa shape index (κ2) is 17.7. The Morgan fingerprint density at radius 3 is 2.33 bits per heavy atom. The number of allylic oxidation sites excluding steroid dienone is 7. The molecule has 0 rings (SSSR count). The molecule has 0 bridgehead atoms. The molecular weight excluding hydrogens is 300 g/mol. The van der Waals surface area contributed by atoms with E-state index >= 15 is 0 Å². The van der Waals surface area contributed by atoms with Gasteiger partial charge in [0.05, 0.1) is 6.10 Å². The van der Waals surface area contributed by atoms with E-state index < -0.39 is 5.97 Å². The number of hydrogen-bond donors (Lipinski definition) is 2. The maximum atomic E-state index is 10.3. The number of carbonyl (C=O) groups is 1. The Kier molecular flexibility index (Phi) is 16.5. The number of carboxylic acids is 1. The molecule has 0 aromatic carbocycles. The summed E-state index contributed by atoms with van der Waals surface area (Å²) >= 11 is 0. The molecule has 0 radical (unpaired) electrons. The number of rotatable bonds is 15. The van der Waals surface area contributed by atoms with E-state index in [0.717, 1.165) is 32.1 Å². The third kappa shape index (κ3) is 18.4. The quantitative estimate of drug-likeness (QED) is 0.233. The number of unbranched alkanes of at least 4 members (excludes halogenated alkanes) is 4. The molecule has 0 aliphatic rings. The lowest BCUT2D eigenvalue weighted by Gasteiger charge is -2.03. The minimum absolute atomic E-state index is 0.242. The van der Waals surface area contributed by atoms with Crippen molar-refractivity contribution in [1.82, 2.24) is 0 Å². The molecule has 0 heterocycles. The van der Waals surface area contributed by atoms with Gasteiger partial charge in [-0.1, -0.05) is 81.2 Å². The van der Waals surface area contributed by atoms with E-state index in [4.69, 9.17) is 5.11 Å². The number of hydrogen-bond acceptors (Lipinski definition) is 2. The predicted octanol–water partition coefficient (Wildman–Crippen LogP) is 5.58. The predicted molar refractivity (Wildman–Crippen MR) is 102 cm³/mol. The van der Waals surface area contributed by atoms with Crippen molar-refractivity contribution in [3.05, 3.63) is 48.6 Å². The maximum Gasteiger partial charge on any atom is 0.303 e. The monoisotopic (exact) mass is 334 g/mol. The molecule has 0 aromatic rings. The van der Waals surface area contributed by atoms with Gasteiger partial charge < -0.3 is 10.2 Å². The van der Waals surface area contributed by atoms with E-state index in [2.05, 4.69) is 31.2 Å². The summed E-state index contributed by atoms with van der Waals surface area (Å²) in [5.74, 6) is -0.729. The van der Waals surface area contributed by atoms with E-state index in [1.807, 2.05) is 24.3 Å². The molecule has 2 N–H and O–H groups in total. The smallest absolute Gasteiger partial charge is 0.303 e. The number of carboxylic acid groups (broad SMARTS) is 1. The first-order valence-electron chi connectivity index (χ1n) is 9.20. The van der Waals surface area contributed by atoms with Crippen LogP contribution in [0.1, 0.15) is 71.1 Å². The summed E-state index contributed by atoms with van der Waals surface area (Å²) in [5.41, 5.74) is 0. The summed E-state index contributed by atoms with van der Waals surface area (Å²) in [6.07, 6.45) is 24.9. The van der Waals surface area contributed by atoms with Crippen LogP contribution in [0.15, 0.2) is 48.6 Å². The van der Waals surface area contributed by atoms with Crippen molar-refractivity contribution in [2.75, 3.05) is 0 Å². The van der Waals surface area contributed by atoms with Crippen molar-refractivity contribution in [2.45, 2.75) is 77.2 Å². The van der Waals surface area contributed by atoms with Crippen LogP contribution < -0.4 is 0 Å². The Morgan fingerprint density at radius 1 is 0.917 bits per heavy atom. The van der Waals surface area contributed by atoms with Gasteiger partial charge in [-0.2, -0.15) is 0 Å². The van der Waals surface area contributed by atoms with Gasteiger partial charge in [-0.3, -0.25) is 4.79 Å². The highest BCUT2D eigenvalue weighted by Crippen LogP contribution is 2.06. The summed E-state index contributed by atoms with van der Waals surface area (Å²) in [7, 11) is 0. The first-order valence-corrected chi connectivity index (χ1v) is 9.20. The molecule has 0 saturated heterocycles. The first kappa shape index (κ1) is 22.4. The third-order valence-corrected chi connectivity index (χ3v) is 3.57. The highest BCUT2D eigenvalue weighted by molar-refractivity contribution is 5.66. The third-order valence-electron chi connectivity index (χ3n) is 3.57. The van der Waals surface area contributed by atoms with Gasteiger partial charge in [0, 0.05) is 6.42 Å². The van der Waals surface area contributed by atoms with Gasteiger partial charge in [0.15, 0.2) is 0 Å². The topological polar surface area (TPSA) is 57.5 Å². The minimum Gasteiger partial charge on any atom is -0.481 e. The van der Waals surface area contributed by atoms with Crippen LogP contribution in [0.4, 0.5) is 0 Å². The Labute approximate surface area is 147 Å². The molecular formula is C21H34O3. The van der Waals surface area contributed by atoms with Gasteiger partial charge in [-0.15, -0.1) is 0 Å². The fourth-order valence-electron chi connectivity index (χ4n) is 2.16. The largest absolute Gasteiger partial charge is 0.481 e. The summed E-state index contributed by atoms with van der Waals surface area (Å²) in [4.78, 5) is 10.3. The molecule has 0 saturated carbocycles. The molecule has 3 nitrogen and oxygen atoms in total. The van der Waals surface area contributed by atoms with Gasteiger partial charge in [0.2, 0.25) is 0 Å². The molecule has 0 aliphatic carbocycles. The van der Waals surface area contributed by atoms with E-state index in [1.54, 1.807) is 0 Å². The summed E-state index contributed by atoms with van der Waals surface area (Å²) in [5, 5.41) is 18.3. The summed E-state index contributed by atoms with van der Waals surface area (Å²) < 4.78 is 0. The summed E-state index contributed by atoms with van der Waals surface area (Å²) in [6, 6.07) is 0. The lowest BCUT2D eigenvalue weighted by atomic mass is 10.1. The van der Waals surface area contributed by atoms with Crippen LogP contribution in [-0.4, -0.2) is 22.3 Å². The van der Waals surface area contributed by atoms with Gasteiger partial charge in [0.25, 0.3) is 0 Å². The summed E-state index contributed by atoms with van der Waals surface area (Å²) in [6.45, 7) is 2.19. The van der Waals surface area contributed by atoms with E-state index in [9.17, 15) is 9.90 Å². The lowest BCUT2D eigenvalue weighted by Crippen LogP contribution is -2.00. The number of aliphatic hydroxyl groups excluding tert-OH is 1. The fourth-order valence-corrected chi connectivity index (χ4v) is 2.16. The van der Waals surface area contributed by atoms with E-state index in [0.29, 0.717) is 6.42 Å². The zero-order valence-corrected chi connectivity index (χ0v) is 15.1. The Morgan fingerprint density at radius 2 is 1.62 bits per heavy atom. The van der Waals surface area contributed by atoms with E-state index in [-0.39, 0.29) is 12.5 Å². The van der Waals surface area contributed by atoms with Crippen molar-refractivity contribution < 1.29 is 15.0 Å². The molecule has 0 amide bonds. The first-order chi connectivity index (χ1) is 11.7. The average Bonchev–Trinajstić information content (AvgIpc) is 2.55. The SMILES string of the molecule is CCCCCCC(O)/C=C/C=C\C/C=C\C/C=C\CCCC(=O)O. The molecule has 0 aliphatic heterocycles. The van der Waals surface area contributed by atoms with Crippen molar-refractivity contribution in [2.24, 2.45) is 0 Å². The molecule has 24 heavy (non-hydrogen) atoms. The minimum atomic E-state index is -0.729. The average molecular weight is 335 g/mol. The number of aliphatic hydroxyl groups is 1. The van der Waals surface area contributed by atoms with Crippen LogP contribution in [0, 0.1) is 0 Å². The molecule has 1 unspecified atom stereocenters. The Bertz CT molecular complexity index is 405. The standard InChI is InChI=1S/C21H34O3/c1-2-3-4-14-17-20(22)18-15-12-10-8-6-5-7-9-11-13-16-19-21(23)24/h5-6,9-12,15,18,20,22H,2-4,7-8,13-14,16-17,19H2,1H3,(H,23,24)/b6-5-,11-9-,12-10-,18-15+. The van der Waals surface area contributed by atoms with Crippen molar-refractivity contribution >= 4 is 5.97 Å².